The van der Waals surface area contributed by atoms with E-state index in [1.807, 2.05) is 66.7 Å². The van der Waals surface area contributed by atoms with Gasteiger partial charge in [-0.1, -0.05) is 68.4 Å². The maximum absolute atomic E-state index is 14.6. The van der Waals surface area contributed by atoms with Crippen molar-refractivity contribution >= 4 is 70.1 Å². The van der Waals surface area contributed by atoms with E-state index >= 15 is 0 Å². The number of anilines is 3. The molecule has 0 fully saturated rings. The highest BCUT2D eigenvalue weighted by molar-refractivity contribution is 7.17. The molecule has 1 aromatic heterocycles. The lowest BCUT2D eigenvalue weighted by molar-refractivity contribution is 0.0990. The molecule has 0 unspecified atom stereocenters. The van der Waals surface area contributed by atoms with E-state index in [2.05, 4.69) is 37.8 Å². The summed E-state index contributed by atoms with van der Waals surface area (Å²) in [6, 6.07) is 30.7. The Labute approximate surface area is 245 Å². The fourth-order valence-corrected chi connectivity index (χ4v) is 8.76. The minimum absolute atomic E-state index is 0.191. The number of carbonyl (C=O) groups excluding carboxylic acids is 2. The Bertz CT molecular complexity index is 1800. The molecule has 0 bridgehead atoms. The van der Waals surface area contributed by atoms with Gasteiger partial charge in [-0.3, -0.25) is 9.59 Å². The van der Waals surface area contributed by atoms with Crippen LogP contribution in [0.1, 0.15) is 45.0 Å². The van der Waals surface area contributed by atoms with Crippen molar-refractivity contribution in [2.75, 3.05) is 4.90 Å². The molecule has 6 heteroatoms. The lowest BCUT2D eigenvalue weighted by Crippen LogP contribution is -2.33. The number of hydrogen-bond donors (Lipinski definition) is 0. The first-order valence-corrected chi connectivity index (χ1v) is 16.6. The Hall–Kier alpha value is -4.13. The van der Waals surface area contributed by atoms with Gasteiger partial charge in [-0.15, -0.1) is 11.3 Å². The standard InChI is InChI=1S/C35H29FNO2SSi/c1-4-41(5-2)32-20-25(36)14-16-31(32)37(30-13-9-6-10-22(30)3)33-17-15-26(40-33)21-29-34(38)27-18-23-11-7-8-12-24(23)19-28(27)35(29)39/h6-21H,4-5H2,1-3H3. The highest BCUT2D eigenvalue weighted by Gasteiger charge is 2.33. The van der Waals surface area contributed by atoms with Crippen LogP contribution in [0.3, 0.4) is 0 Å². The largest absolute Gasteiger partial charge is 0.302 e. The minimum atomic E-state index is -0.975. The third kappa shape index (κ3) is 4.87. The molecule has 0 atom stereocenters. The van der Waals surface area contributed by atoms with Crippen molar-refractivity contribution in [3.8, 4) is 0 Å². The average molecular weight is 575 g/mol. The predicted octanol–water partition coefficient (Wildman–Crippen LogP) is 9.02. The second-order valence-electron chi connectivity index (χ2n) is 10.2. The molecule has 41 heavy (non-hydrogen) atoms. The van der Waals surface area contributed by atoms with Crippen LogP contribution in [-0.2, 0) is 0 Å². The molecule has 4 aromatic carbocycles. The Morgan fingerprint density at radius 2 is 1.41 bits per heavy atom. The number of allylic oxidation sites excluding steroid dienone is 1. The molecule has 1 radical (unpaired) electrons. The summed E-state index contributed by atoms with van der Waals surface area (Å²) < 4.78 is 14.6. The van der Waals surface area contributed by atoms with Gasteiger partial charge < -0.3 is 4.90 Å². The molecule has 0 aliphatic heterocycles. The molecule has 203 valence electrons. The number of halogens is 1. The number of benzene rings is 4. The Morgan fingerprint density at radius 1 is 0.780 bits per heavy atom. The van der Waals surface area contributed by atoms with Crippen LogP contribution in [0.2, 0.25) is 12.1 Å². The van der Waals surface area contributed by atoms with Crippen molar-refractivity contribution in [1.82, 2.24) is 0 Å². The number of Topliss-reactive ketones (excluding diaryl/α,β-unsaturated/α-hetero) is 2. The number of thiophene rings is 1. The van der Waals surface area contributed by atoms with E-state index in [1.165, 1.54) is 17.4 Å². The molecular weight excluding hydrogens is 546 g/mol. The van der Waals surface area contributed by atoms with Gasteiger partial charge in [0.15, 0.2) is 11.6 Å². The highest BCUT2D eigenvalue weighted by Crippen LogP contribution is 2.41. The average Bonchev–Trinajstić information content (AvgIpc) is 3.53. The third-order valence-electron chi connectivity index (χ3n) is 7.77. The Kier molecular flexibility index (Phi) is 7.28. The van der Waals surface area contributed by atoms with Gasteiger partial charge in [0.25, 0.3) is 0 Å². The molecule has 1 aliphatic carbocycles. The van der Waals surface area contributed by atoms with Gasteiger partial charge in [0.1, 0.15) is 10.8 Å². The zero-order valence-corrected chi connectivity index (χ0v) is 25.0. The van der Waals surface area contributed by atoms with Crippen LogP contribution < -0.4 is 10.1 Å². The first-order chi connectivity index (χ1) is 19.9. The SMILES string of the molecule is CC[Si](CC)c1cc(F)ccc1N(c1ccc(C=C2C(=O)c3cc4ccccc4cc3C2=O)s1)c1ccccc1C. The molecule has 1 heterocycles. The number of para-hydroxylation sites is 1. The van der Waals surface area contributed by atoms with Crippen molar-refractivity contribution in [2.45, 2.75) is 32.9 Å². The second kappa shape index (κ2) is 11.0. The number of rotatable bonds is 7. The van der Waals surface area contributed by atoms with Crippen molar-refractivity contribution in [2.24, 2.45) is 0 Å². The van der Waals surface area contributed by atoms with E-state index in [0.717, 1.165) is 54.9 Å². The van der Waals surface area contributed by atoms with Crippen LogP contribution in [0.5, 0.6) is 0 Å². The van der Waals surface area contributed by atoms with E-state index in [9.17, 15) is 14.0 Å². The molecule has 3 nitrogen and oxygen atoms in total. The number of fused-ring (bicyclic) bond motifs is 2. The van der Waals surface area contributed by atoms with Crippen LogP contribution in [0.4, 0.5) is 20.8 Å². The first-order valence-electron chi connectivity index (χ1n) is 13.8. The van der Waals surface area contributed by atoms with Gasteiger partial charge in [-0.25, -0.2) is 4.39 Å². The minimum Gasteiger partial charge on any atom is -0.302 e. The number of carbonyl (C=O) groups is 2. The van der Waals surface area contributed by atoms with Crippen molar-refractivity contribution in [3.63, 3.8) is 0 Å². The summed E-state index contributed by atoms with van der Waals surface area (Å²) in [4.78, 5) is 29.8. The summed E-state index contributed by atoms with van der Waals surface area (Å²) in [5.74, 6) is -0.694. The number of aryl methyl sites for hydroxylation is 1. The maximum atomic E-state index is 14.6. The number of nitrogens with zero attached hydrogens (tertiary/aromatic N) is 1. The van der Waals surface area contributed by atoms with Gasteiger partial charge in [-0.2, -0.15) is 0 Å². The summed E-state index contributed by atoms with van der Waals surface area (Å²) in [5.41, 5.74) is 4.21. The summed E-state index contributed by atoms with van der Waals surface area (Å²) >= 11 is 1.51. The molecule has 5 aromatic rings. The zero-order chi connectivity index (χ0) is 28.7. The molecule has 6 rings (SSSR count). The Morgan fingerprint density at radius 3 is 2.05 bits per heavy atom. The molecular formula is C35H29FNO2SSi. The molecule has 0 spiro atoms. The molecule has 0 saturated heterocycles. The summed E-state index contributed by atoms with van der Waals surface area (Å²) in [5, 5.41) is 3.89. The van der Waals surface area contributed by atoms with Gasteiger partial charge in [0.05, 0.1) is 14.4 Å². The van der Waals surface area contributed by atoms with Crippen molar-refractivity contribution in [3.05, 3.63) is 124 Å². The van der Waals surface area contributed by atoms with Crippen LogP contribution in [-0.4, -0.2) is 20.4 Å². The molecule has 0 amide bonds. The van der Waals surface area contributed by atoms with Gasteiger partial charge >= 0.3 is 0 Å². The van der Waals surface area contributed by atoms with Crippen LogP contribution in [0.25, 0.3) is 16.8 Å². The third-order valence-corrected chi connectivity index (χ3v) is 11.7. The fraction of sp³-hybridized carbons (Fsp3) is 0.143. The Balaban J connectivity index is 1.45. The van der Waals surface area contributed by atoms with E-state index in [1.54, 1.807) is 12.1 Å². The van der Waals surface area contributed by atoms with Gasteiger partial charge in [0, 0.05) is 27.4 Å². The first kappa shape index (κ1) is 27.1. The smallest absolute Gasteiger partial charge is 0.197 e. The number of hydrogen-bond acceptors (Lipinski definition) is 4. The van der Waals surface area contributed by atoms with Crippen LogP contribution in [0, 0.1) is 12.7 Å². The monoisotopic (exact) mass is 574 g/mol. The summed E-state index contributed by atoms with van der Waals surface area (Å²) in [7, 11) is -0.975. The lowest BCUT2D eigenvalue weighted by Gasteiger charge is -2.29. The van der Waals surface area contributed by atoms with Gasteiger partial charge in [0.2, 0.25) is 0 Å². The van der Waals surface area contributed by atoms with Crippen molar-refractivity contribution in [1.29, 1.82) is 0 Å². The fourth-order valence-electron chi connectivity index (χ4n) is 5.62. The van der Waals surface area contributed by atoms with Crippen LogP contribution >= 0.6 is 11.3 Å². The maximum Gasteiger partial charge on any atom is 0.197 e. The van der Waals surface area contributed by atoms with E-state index in [0.29, 0.717) is 11.1 Å². The molecule has 0 N–H and O–H groups in total. The van der Waals surface area contributed by atoms with Crippen LogP contribution in [0.15, 0.2) is 96.6 Å². The van der Waals surface area contributed by atoms with E-state index < -0.39 is 8.80 Å². The van der Waals surface area contributed by atoms with E-state index in [-0.39, 0.29) is 23.0 Å². The number of ketones is 2. The predicted molar refractivity (Wildman–Crippen MR) is 171 cm³/mol. The second-order valence-corrected chi connectivity index (χ2v) is 14.5. The molecule has 1 aliphatic rings. The lowest BCUT2D eigenvalue weighted by atomic mass is 10.0. The highest BCUT2D eigenvalue weighted by atomic mass is 32.1. The quantitative estimate of drug-likeness (QED) is 0.111. The molecule has 0 saturated carbocycles. The van der Waals surface area contributed by atoms with Crippen molar-refractivity contribution < 1.29 is 14.0 Å². The van der Waals surface area contributed by atoms with E-state index in [4.69, 9.17) is 0 Å². The van der Waals surface area contributed by atoms with Gasteiger partial charge in [-0.05, 0) is 83.1 Å². The zero-order valence-electron chi connectivity index (χ0n) is 23.2. The topological polar surface area (TPSA) is 37.4 Å². The normalized spacial score (nSPS) is 12.9. The summed E-state index contributed by atoms with van der Waals surface area (Å²) in [6.45, 7) is 6.43. The summed E-state index contributed by atoms with van der Waals surface area (Å²) in [6.07, 6.45) is 1.72.